The van der Waals surface area contributed by atoms with Gasteiger partial charge in [0.15, 0.2) is 0 Å². The van der Waals surface area contributed by atoms with Gasteiger partial charge in [-0.15, -0.1) is 0 Å². The van der Waals surface area contributed by atoms with Gasteiger partial charge in [-0.05, 0) is 48.2 Å². The number of hydrogen-bond acceptors (Lipinski definition) is 2. The third-order valence-electron chi connectivity index (χ3n) is 2.89. The monoisotopic (exact) mass is 258 g/mol. The molecular weight excluding hydrogens is 239 g/mol. The first-order valence-electron chi connectivity index (χ1n) is 6.45. The highest BCUT2D eigenvalue weighted by Crippen LogP contribution is 2.21. The number of nitrogens with two attached hydrogens (primary N) is 1. The zero-order valence-corrected chi connectivity index (χ0v) is 11.3. The molecule has 0 aliphatic rings. The first-order valence-corrected chi connectivity index (χ1v) is 6.45. The van der Waals surface area contributed by atoms with Crippen LogP contribution in [0.25, 0.3) is 0 Å². The molecule has 100 valence electrons. The minimum Gasteiger partial charge on any atom is -0.396 e. The van der Waals surface area contributed by atoms with Crippen LogP contribution in [0.2, 0.25) is 0 Å². The van der Waals surface area contributed by atoms with Crippen LogP contribution in [0.5, 0.6) is 0 Å². The van der Waals surface area contributed by atoms with E-state index in [1.165, 1.54) is 11.6 Å². The summed E-state index contributed by atoms with van der Waals surface area (Å²) in [4.78, 5) is 0. The quantitative estimate of drug-likeness (QED) is 0.800. The van der Waals surface area contributed by atoms with Gasteiger partial charge in [-0.1, -0.05) is 26.0 Å². The molecule has 0 bridgehead atoms. The van der Waals surface area contributed by atoms with Crippen molar-refractivity contribution >= 4 is 17.1 Å². The number of rotatable bonds is 4. The van der Waals surface area contributed by atoms with Crippen LogP contribution in [0, 0.1) is 11.7 Å². The fourth-order valence-electron chi connectivity index (χ4n) is 1.97. The summed E-state index contributed by atoms with van der Waals surface area (Å²) >= 11 is 0. The van der Waals surface area contributed by atoms with Crippen molar-refractivity contribution < 1.29 is 4.39 Å². The largest absolute Gasteiger partial charge is 0.396 e. The molecule has 0 saturated carbocycles. The first kappa shape index (κ1) is 13.4. The third-order valence-corrected chi connectivity index (χ3v) is 2.89. The van der Waals surface area contributed by atoms with Crippen LogP contribution in [-0.2, 0) is 6.42 Å². The van der Waals surface area contributed by atoms with Gasteiger partial charge in [0.25, 0.3) is 0 Å². The van der Waals surface area contributed by atoms with Crippen molar-refractivity contribution in [2.75, 3.05) is 11.1 Å². The zero-order valence-electron chi connectivity index (χ0n) is 11.3. The van der Waals surface area contributed by atoms with E-state index in [2.05, 4.69) is 31.3 Å². The van der Waals surface area contributed by atoms with Crippen LogP contribution in [0.1, 0.15) is 19.4 Å². The number of anilines is 3. The average molecular weight is 258 g/mol. The molecule has 0 unspecified atom stereocenters. The highest BCUT2D eigenvalue weighted by atomic mass is 19.1. The predicted molar refractivity (Wildman–Crippen MR) is 79.1 cm³/mol. The molecule has 0 atom stereocenters. The summed E-state index contributed by atoms with van der Waals surface area (Å²) in [6, 6.07) is 12.9. The van der Waals surface area contributed by atoms with Crippen molar-refractivity contribution in [3.63, 3.8) is 0 Å². The molecule has 2 aromatic carbocycles. The van der Waals surface area contributed by atoms with E-state index in [0.717, 1.165) is 12.1 Å². The van der Waals surface area contributed by atoms with Crippen molar-refractivity contribution in [1.29, 1.82) is 0 Å². The van der Waals surface area contributed by atoms with E-state index >= 15 is 0 Å². The Bertz CT molecular complexity index is 547. The van der Waals surface area contributed by atoms with E-state index in [0.29, 0.717) is 11.6 Å². The van der Waals surface area contributed by atoms with Crippen molar-refractivity contribution in [3.8, 4) is 0 Å². The molecule has 0 aliphatic carbocycles. The van der Waals surface area contributed by atoms with E-state index in [-0.39, 0.29) is 5.69 Å². The van der Waals surface area contributed by atoms with Crippen molar-refractivity contribution in [3.05, 3.63) is 53.8 Å². The maximum atomic E-state index is 13.3. The molecule has 19 heavy (non-hydrogen) atoms. The van der Waals surface area contributed by atoms with Crippen molar-refractivity contribution in [2.45, 2.75) is 20.3 Å². The summed E-state index contributed by atoms with van der Waals surface area (Å²) in [6.07, 6.45) is 1.07. The lowest BCUT2D eigenvalue weighted by Crippen LogP contribution is -1.96. The van der Waals surface area contributed by atoms with Crippen LogP contribution >= 0.6 is 0 Å². The molecule has 0 aliphatic heterocycles. The maximum Gasteiger partial charge on any atom is 0.148 e. The van der Waals surface area contributed by atoms with Gasteiger partial charge in [0.2, 0.25) is 0 Å². The van der Waals surface area contributed by atoms with Gasteiger partial charge in [-0.25, -0.2) is 4.39 Å². The Balaban J connectivity index is 2.08. The summed E-state index contributed by atoms with van der Waals surface area (Å²) in [5.41, 5.74) is 8.56. The van der Waals surface area contributed by atoms with Gasteiger partial charge < -0.3 is 11.1 Å². The molecule has 3 heteroatoms. The molecular formula is C16H19FN2. The molecule has 0 radical (unpaired) electrons. The van der Waals surface area contributed by atoms with E-state index < -0.39 is 5.82 Å². The molecule has 2 nitrogen and oxygen atoms in total. The lowest BCUT2D eigenvalue weighted by atomic mass is 10.0. The van der Waals surface area contributed by atoms with Gasteiger partial charge >= 0.3 is 0 Å². The Labute approximate surface area is 113 Å². The SMILES string of the molecule is CC(C)Cc1ccc(Nc2ccc(N)c(F)c2)cc1. The highest BCUT2D eigenvalue weighted by molar-refractivity contribution is 5.62. The zero-order chi connectivity index (χ0) is 13.8. The molecule has 0 saturated heterocycles. The predicted octanol–water partition coefficient (Wildman–Crippen LogP) is 4.35. The summed E-state index contributed by atoms with van der Waals surface area (Å²) in [5.74, 6) is 0.242. The molecule has 0 spiro atoms. The molecule has 0 aromatic heterocycles. The topological polar surface area (TPSA) is 38.0 Å². The minimum atomic E-state index is -0.401. The van der Waals surface area contributed by atoms with Crippen LogP contribution in [0.3, 0.4) is 0 Å². The van der Waals surface area contributed by atoms with E-state index in [4.69, 9.17) is 5.73 Å². The Morgan fingerprint density at radius 2 is 1.68 bits per heavy atom. The second kappa shape index (κ2) is 5.74. The number of benzene rings is 2. The lowest BCUT2D eigenvalue weighted by Gasteiger charge is -2.09. The van der Waals surface area contributed by atoms with E-state index in [1.807, 2.05) is 12.1 Å². The normalized spacial score (nSPS) is 10.7. The molecule has 0 fully saturated rings. The lowest BCUT2D eigenvalue weighted by molar-refractivity contribution is 0.633. The van der Waals surface area contributed by atoms with E-state index in [1.54, 1.807) is 12.1 Å². The smallest absolute Gasteiger partial charge is 0.148 e. The number of nitrogen functional groups attached to an aromatic ring is 1. The summed E-state index contributed by atoms with van der Waals surface area (Å²) < 4.78 is 13.3. The van der Waals surface area contributed by atoms with Crippen LogP contribution in [0.4, 0.5) is 21.5 Å². The fourth-order valence-corrected chi connectivity index (χ4v) is 1.97. The molecule has 0 amide bonds. The van der Waals surface area contributed by atoms with Crippen molar-refractivity contribution in [2.24, 2.45) is 5.92 Å². The van der Waals surface area contributed by atoms with Crippen LogP contribution < -0.4 is 11.1 Å². The fraction of sp³-hybridized carbons (Fsp3) is 0.250. The maximum absolute atomic E-state index is 13.3. The molecule has 2 aromatic rings. The summed E-state index contributed by atoms with van der Waals surface area (Å²) in [6.45, 7) is 4.40. The Morgan fingerprint density at radius 3 is 2.26 bits per heavy atom. The number of hydrogen-bond donors (Lipinski definition) is 2. The Hall–Kier alpha value is -2.03. The second-order valence-corrected chi connectivity index (χ2v) is 5.16. The number of nitrogens with one attached hydrogen (secondary N) is 1. The van der Waals surface area contributed by atoms with Gasteiger partial charge in [0, 0.05) is 11.4 Å². The minimum absolute atomic E-state index is 0.165. The van der Waals surface area contributed by atoms with Crippen LogP contribution in [-0.4, -0.2) is 0 Å². The van der Waals surface area contributed by atoms with Gasteiger partial charge in [-0.2, -0.15) is 0 Å². The summed E-state index contributed by atoms with van der Waals surface area (Å²) in [7, 11) is 0. The molecule has 2 rings (SSSR count). The molecule has 3 N–H and O–H groups in total. The number of halogens is 1. The van der Waals surface area contributed by atoms with Gasteiger partial charge in [0.1, 0.15) is 5.82 Å². The van der Waals surface area contributed by atoms with Gasteiger partial charge in [-0.3, -0.25) is 0 Å². The Kier molecular flexibility index (Phi) is 4.05. The highest BCUT2D eigenvalue weighted by Gasteiger charge is 2.01. The van der Waals surface area contributed by atoms with Gasteiger partial charge in [0.05, 0.1) is 5.69 Å². The molecule has 0 heterocycles. The average Bonchev–Trinajstić information content (AvgIpc) is 2.36. The summed E-state index contributed by atoms with van der Waals surface area (Å²) in [5, 5.41) is 3.16. The van der Waals surface area contributed by atoms with E-state index in [9.17, 15) is 4.39 Å². The first-order chi connectivity index (χ1) is 9.04. The standard InChI is InChI=1S/C16H19FN2/c1-11(2)9-12-3-5-13(6-4-12)19-14-7-8-16(18)15(17)10-14/h3-8,10-11,19H,9,18H2,1-2H3. The van der Waals surface area contributed by atoms with Crippen LogP contribution in [0.15, 0.2) is 42.5 Å². The third kappa shape index (κ3) is 3.71. The second-order valence-electron chi connectivity index (χ2n) is 5.16. The van der Waals surface area contributed by atoms with Crippen molar-refractivity contribution in [1.82, 2.24) is 0 Å². The Morgan fingerprint density at radius 1 is 1.05 bits per heavy atom.